The number of aryl methyl sites for hydroxylation is 3. The fraction of sp³-hybridized carbons (Fsp3) is 0.297. The fourth-order valence-electron chi connectivity index (χ4n) is 5.06. The average molecular weight is 660 g/mol. The van der Waals surface area contributed by atoms with Gasteiger partial charge in [-0.05, 0) is 94.1 Å². The van der Waals surface area contributed by atoms with Crippen LogP contribution in [0.1, 0.15) is 48.6 Å². The third-order valence-electron chi connectivity index (χ3n) is 7.73. The Morgan fingerprint density at radius 1 is 0.826 bits per heavy atom. The third kappa shape index (κ3) is 8.77. The Labute approximate surface area is 278 Å². The Morgan fingerprint density at radius 2 is 1.46 bits per heavy atom. The number of hydrogen-bond acceptors (Lipinski definition) is 4. The van der Waals surface area contributed by atoms with Crippen molar-refractivity contribution in [3.63, 3.8) is 0 Å². The maximum absolute atomic E-state index is 14.6. The van der Waals surface area contributed by atoms with E-state index in [4.69, 9.17) is 11.6 Å². The number of amides is 2. The molecular formula is C37H42ClN3O4S. The normalized spacial score (nSPS) is 12.3. The van der Waals surface area contributed by atoms with Crippen molar-refractivity contribution in [1.82, 2.24) is 10.2 Å². The van der Waals surface area contributed by atoms with Crippen molar-refractivity contribution in [3.8, 4) is 0 Å². The molecule has 1 unspecified atom stereocenters. The molecule has 4 aromatic rings. The van der Waals surface area contributed by atoms with Crippen LogP contribution in [0.15, 0.2) is 102 Å². The molecule has 0 aliphatic heterocycles. The zero-order chi connectivity index (χ0) is 33.6. The van der Waals surface area contributed by atoms with Gasteiger partial charge in [0.25, 0.3) is 10.0 Å². The van der Waals surface area contributed by atoms with Crippen molar-refractivity contribution in [3.05, 3.63) is 130 Å². The van der Waals surface area contributed by atoms with Crippen LogP contribution < -0.4 is 9.62 Å². The van der Waals surface area contributed by atoms with Gasteiger partial charge < -0.3 is 10.2 Å². The van der Waals surface area contributed by atoms with Crippen molar-refractivity contribution >= 4 is 39.1 Å². The molecule has 242 valence electrons. The van der Waals surface area contributed by atoms with E-state index in [-0.39, 0.29) is 23.8 Å². The topological polar surface area (TPSA) is 86.8 Å². The van der Waals surface area contributed by atoms with Gasteiger partial charge in [-0.3, -0.25) is 13.9 Å². The molecule has 0 radical (unpaired) electrons. The molecule has 0 saturated carbocycles. The van der Waals surface area contributed by atoms with Crippen LogP contribution in [0.5, 0.6) is 0 Å². The Balaban J connectivity index is 1.84. The largest absolute Gasteiger partial charge is 0.350 e. The number of carbonyl (C=O) groups is 2. The van der Waals surface area contributed by atoms with Crippen LogP contribution in [0.3, 0.4) is 0 Å². The van der Waals surface area contributed by atoms with Gasteiger partial charge in [-0.2, -0.15) is 0 Å². The van der Waals surface area contributed by atoms with Crippen LogP contribution >= 0.6 is 11.6 Å². The molecule has 1 N–H and O–H groups in total. The van der Waals surface area contributed by atoms with Gasteiger partial charge in [0.05, 0.1) is 10.6 Å². The molecule has 0 aromatic heterocycles. The summed E-state index contributed by atoms with van der Waals surface area (Å²) < 4.78 is 29.6. The van der Waals surface area contributed by atoms with E-state index in [0.717, 1.165) is 26.6 Å². The first kappa shape index (κ1) is 34.7. The predicted molar refractivity (Wildman–Crippen MR) is 185 cm³/mol. The summed E-state index contributed by atoms with van der Waals surface area (Å²) in [5.41, 5.74) is 4.05. The lowest BCUT2D eigenvalue weighted by Gasteiger charge is -2.35. The Kier molecular flexibility index (Phi) is 11.0. The Morgan fingerprint density at radius 3 is 2.07 bits per heavy atom. The first-order chi connectivity index (χ1) is 21.7. The molecule has 7 nitrogen and oxygen atoms in total. The summed E-state index contributed by atoms with van der Waals surface area (Å²) in [7, 11) is -4.18. The van der Waals surface area contributed by atoms with Gasteiger partial charge in [-0.25, -0.2) is 8.42 Å². The molecule has 0 spiro atoms. The van der Waals surface area contributed by atoms with Crippen molar-refractivity contribution in [1.29, 1.82) is 0 Å². The number of hydrogen-bond donors (Lipinski definition) is 1. The number of benzene rings is 4. The number of nitrogens with one attached hydrogen (secondary N) is 1. The number of rotatable bonds is 11. The minimum Gasteiger partial charge on any atom is -0.350 e. The van der Waals surface area contributed by atoms with Gasteiger partial charge in [0.15, 0.2) is 0 Å². The first-order valence-electron chi connectivity index (χ1n) is 15.2. The second kappa shape index (κ2) is 14.5. The molecule has 4 aromatic carbocycles. The van der Waals surface area contributed by atoms with Gasteiger partial charge in [-0.1, -0.05) is 83.9 Å². The van der Waals surface area contributed by atoms with Crippen LogP contribution in [0, 0.1) is 20.8 Å². The van der Waals surface area contributed by atoms with Crippen LogP contribution in [-0.2, 0) is 32.6 Å². The van der Waals surface area contributed by atoms with E-state index in [1.165, 1.54) is 4.90 Å². The van der Waals surface area contributed by atoms with Crippen LogP contribution in [0.2, 0.25) is 5.02 Å². The zero-order valence-electron chi connectivity index (χ0n) is 27.2. The van der Waals surface area contributed by atoms with Gasteiger partial charge in [-0.15, -0.1) is 0 Å². The summed E-state index contributed by atoms with van der Waals surface area (Å²) in [6, 6.07) is 27.5. The third-order valence-corrected chi connectivity index (χ3v) is 9.89. The maximum atomic E-state index is 14.6. The van der Waals surface area contributed by atoms with Crippen molar-refractivity contribution in [2.24, 2.45) is 0 Å². The number of anilines is 1. The number of nitrogens with zero attached hydrogens (tertiary/aromatic N) is 2. The van der Waals surface area contributed by atoms with E-state index < -0.39 is 34.1 Å². The van der Waals surface area contributed by atoms with Crippen LogP contribution in [0.25, 0.3) is 0 Å². The molecule has 2 amide bonds. The highest BCUT2D eigenvalue weighted by Gasteiger charge is 2.36. The summed E-state index contributed by atoms with van der Waals surface area (Å²) in [4.78, 5) is 30.1. The Hall–Kier alpha value is -4.14. The van der Waals surface area contributed by atoms with Crippen LogP contribution in [-0.4, -0.2) is 43.3 Å². The lowest BCUT2D eigenvalue weighted by Crippen LogP contribution is -2.56. The van der Waals surface area contributed by atoms with E-state index in [1.54, 1.807) is 54.6 Å². The van der Waals surface area contributed by atoms with E-state index >= 15 is 0 Å². The number of carbonyl (C=O) groups excluding carboxylic acids is 2. The first-order valence-corrected chi connectivity index (χ1v) is 17.0. The molecular weight excluding hydrogens is 618 g/mol. The molecule has 0 bridgehead atoms. The standard InChI is InChI=1S/C37H42ClN3O4S/c1-26-16-20-32(21-17-26)46(44,45)41(31-19-18-27(2)28(3)22-31)25-35(42)40(24-30-14-10-11-15-33(30)38)34(36(43)39-37(4,5)6)23-29-12-8-7-9-13-29/h7-22,34H,23-25H2,1-6H3,(H,39,43). The molecule has 46 heavy (non-hydrogen) atoms. The summed E-state index contributed by atoms with van der Waals surface area (Å²) in [6.07, 6.45) is 0.216. The van der Waals surface area contributed by atoms with E-state index in [0.29, 0.717) is 16.3 Å². The van der Waals surface area contributed by atoms with Gasteiger partial charge in [0.2, 0.25) is 11.8 Å². The van der Waals surface area contributed by atoms with Crippen molar-refractivity contribution in [2.45, 2.75) is 71.0 Å². The maximum Gasteiger partial charge on any atom is 0.264 e. The predicted octanol–water partition coefficient (Wildman–Crippen LogP) is 7.02. The Bertz CT molecular complexity index is 1790. The summed E-state index contributed by atoms with van der Waals surface area (Å²) in [6.45, 7) is 10.8. The summed E-state index contributed by atoms with van der Waals surface area (Å²) in [5.74, 6) is -0.894. The van der Waals surface area contributed by atoms with Gasteiger partial charge >= 0.3 is 0 Å². The van der Waals surface area contributed by atoms with Gasteiger partial charge in [0.1, 0.15) is 12.6 Å². The molecule has 0 fully saturated rings. The van der Waals surface area contributed by atoms with Crippen molar-refractivity contribution < 1.29 is 18.0 Å². The van der Waals surface area contributed by atoms with Crippen molar-refractivity contribution in [2.75, 3.05) is 10.8 Å². The van der Waals surface area contributed by atoms with E-state index in [9.17, 15) is 18.0 Å². The molecule has 1 atom stereocenters. The lowest BCUT2D eigenvalue weighted by molar-refractivity contribution is -0.140. The highest BCUT2D eigenvalue weighted by Crippen LogP contribution is 2.28. The van der Waals surface area contributed by atoms with E-state index in [1.807, 2.05) is 84.0 Å². The molecule has 4 rings (SSSR count). The minimum atomic E-state index is -4.18. The number of halogens is 1. The minimum absolute atomic E-state index is 0.00108. The summed E-state index contributed by atoms with van der Waals surface area (Å²) >= 11 is 6.58. The molecule has 0 aliphatic rings. The summed E-state index contributed by atoms with van der Waals surface area (Å²) in [5, 5.41) is 3.48. The number of sulfonamides is 1. The lowest BCUT2D eigenvalue weighted by atomic mass is 10.0. The highest BCUT2D eigenvalue weighted by atomic mass is 35.5. The average Bonchev–Trinajstić information content (AvgIpc) is 2.99. The fourth-order valence-corrected chi connectivity index (χ4v) is 6.67. The highest BCUT2D eigenvalue weighted by molar-refractivity contribution is 7.92. The second-order valence-electron chi connectivity index (χ2n) is 12.7. The van der Waals surface area contributed by atoms with Gasteiger partial charge in [0, 0.05) is 23.5 Å². The van der Waals surface area contributed by atoms with Crippen LogP contribution in [0.4, 0.5) is 5.69 Å². The SMILES string of the molecule is Cc1ccc(S(=O)(=O)N(CC(=O)N(Cc2ccccc2Cl)C(Cc2ccccc2)C(=O)NC(C)(C)C)c2ccc(C)c(C)c2)cc1. The smallest absolute Gasteiger partial charge is 0.264 e. The monoisotopic (exact) mass is 659 g/mol. The molecule has 0 heterocycles. The quantitative estimate of drug-likeness (QED) is 0.188. The zero-order valence-corrected chi connectivity index (χ0v) is 28.8. The second-order valence-corrected chi connectivity index (χ2v) is 14.9. The molecule has 0 saturated heterocycles. The van der Waals surface area contributed by atoms with E-state index in [2.05, 4.69) is 5.32 Å². The molecule has 0 aliphatic carbocycles. The molecule has 9 heteroatoms.